The first-order valence-corrected chi connectivity index (χ1v) is 15.4. The van der Waals surface area contributed by atoms with Gasteiger partial charge in [0.25, 0.3) is 0 Å². The first kappa shape index (κ1) is 30.3. The summed E-state index contributed by atoms with van der Waals surface area (Å²) < 4.78 is -1.47. The number of nitrogens with zero attached hydrogens (tertiary/aromatic N) is 2. The SMILES string of the molecule is CCN(CC)c1ccc(C(=C2C=CCC(C(c3ccccc3)C(Cl)(Cl)Cl)=C2)c2ccc(N(CC)CC)cc2)cc1. The van der Waals surface area contributed by atoms with Crippen LogP contribution in [0.5, 0.6) is 0 Å². The summed E-state index contributed by atoms with van der Waals surface area (Å²) in [6, 6.07) is 27.9. The van der Waals surface area contributed by atoms with Gasteiger partial charge < -0.3 is 9.80 Å². The number of rotatable bonds is 10. The van der Waals surface area contributed by atoms with Crippen molar-refractivity contribution in [3.63, 3.8) is 0 Å². The molecule has 0 aromatic heterocycles. The average molecular weight is 594 g/mol. The van der Waals surface area contributed by atoms with Gasteiger partial charge in [0.2, 0.25) is 3.79 Å². The summed E-state index contributed by atoms with van der Waals surface area (Å²) in [6.45, 7) is 12.7. The highest BCUT2D eigenvalue weighted by Gasteiger charge is 2.36. The van der Waals surface area contributed by atoms with Gasteiger partial charge in [-0.05, 0) is 86.2 Å². The van der Waals surface area contributed by atoms with Crippen molar-refractivity contribution < 1.29 is 0 Å². The van der Waals surface area contributed by atoms with Crippen LogP contribution >= 0.6 is 34.8 Å². The minimum absolute atomic E-state index is 0.352. The van der Waals surface area contributed by atoms with Crippen LogP contribution in [0.3, 0.4) is 0 Å². The predicted molar refractivity (Wildman–Crippen MR) is 177 cm³/mol. The molecule has 1 atom stereocenters. The van der Waals surface area contributed by atoms with E-state index in [-0.39, 0.29) is 5.92 Å². The smallest absolute Gasteiger partial charge is 0.201 e. The second-order valence-corrected chi connectivity index (χ2v) is 12.3. The highest BCUT2D eigenvalue weighted by atomic mass is 35.6. The first-order chi connectivity index (χ1) is 19.3. The minimum Gasteiger partial charge on any atom is -0.372 e. The van der Waals surface area contributed by atoms with Gasteiger partial charge in [0.05, 0.1) is 5.92 Å². The summed E-state index contributed by atoms with van der Waals surface area (Å²) in [4.78, 5) is 4.72. The Morgan fingerprint density at radius 1 is 0.700 bits per heavy atom. The van der Waals surface area contributed by atoms with Gasteiger partial charge in [0.1, 0.15) is 0 Å². The van der Waals surface area contributed by atoms with Crippen molar-refractivity contribution in [1.82, 2.24) is 0 Å². The molecule has 0 fully saturated rings. The fourth-order valence-corrected chi connectivity index (χ4v) is 6.40. The van der Waals surface area contributed by atoms with Crippen LogP contribution in [0.4, 0.5) is 11.4 Å². The first-order valence-electron chi connectivity index (χ1n) is 14.2. The van der Waals surface area contributed by atoms with E-state index in [4.69, 9.17) is 34.8 Å². The van der Waals surface area contributed by atoms with Gasteiger partial charge in [-0.3, -0.25) is 0 Å². The summed E-state index contributed by atoms with van der Waals surface area (Å²) in [5, 5.41) is 0. The maximum Gasteiger partial charge on any atom is 0.201 e. The Hall–Kier alpha value is -2.65. The van der Waals surface area contributed by atoms with Crippen molar-refractivity contribution in [3.8, 4) is 0 Å². The highest BCUT2D eigenvalue weighted by molar-refractivity contribution is 6.68. The summed E-state index contributed by atoms with van der Waals surface area (Å²) in [7, 11) is 0. The lowest BCUT2D eigenvalue weighted by molar-refractivity contribution is 0.790. The van der Waals surface area contributed by atoms with Gasteiger partial charge in [-0.15, -0.1) is 0 Å². The van der Waals surface area contributed by atoms with E-state index in [0.717, 1.165) is 60.4 Å². The molecule has 0 radical (unpaired) electrons. The number of hydrogen-bond acceptors (Lipinski definition) is 2. The van der Waals surface area contributed by atoms with E-state index in [1.807, 2.05) is 30.3 Å². The molecule has 210 valence electrons. The zero-order valence-corrected chi connectivity index (χ0v) is 26.1. The molecular formula is C35H39Cl3N2. The number of allylic oxidation sites excluding steroid dienone is 5. The van der Waals surface area contributed by atoms with Gasteiger partial charge in [0.15, 0.2) is 0 Å². The van der Waals surface area contributed by atoms with E-state index in [2.05, 4.69) is 104 Å². The van der Waals surface area contributed by atoms with Gasteiger partial charge in [-0.1, -0.05) is 113 Å². The van der Waals surface area contributed by atoms with E-state index < -0.39 is 3.79 Å². The molecule has 1 aliphatic rings. The fraction of sp³-hybridized carbons (Fsp3) is 0.314. The van der Waals surface area contributed by atoms with Gasteiger partial charge >= 0.3 is 0 Å². The molecule has 0 heterocycles. The lowest BCUT2D eigenvalue weighted by atomic mass is 9.83. The normalized spacial score (nSPS) is 14.1. The Morgan fingerprint density at radius 3 is 1.60 bits per heavy atom. The minimum atomic E-state index is -1.47. The van der Waals surface area contributed by atoms with Crippen molar-refractivity contribution in [1.29, 1.82) is 0 Å². The van der Waals surface area contributed by atoms with Crippen LogP contribution in [0.25, 0.3) is 5.57 Å². The van der Waals surface area contributed by atoms with Crippen LogP contribution in [0.1, 0.15) is 56.7 Å². The van der Waals surface area contributed by atoms with Crippen LogP contribution in [-0.4, -0.2) is 30.0 Å². The van der Waals surface area contributed by atoms with Crippen LogP contribution in [0.15, 0.2) is 108 Å². The van der Waals surface area contributed by atoms with Crippen molar-refractivity contribution in [3.05, 3.63) is 125 Å². The quantitative estimate of drug-likeness (QED) is 0.216. The van der Waals surface area contributed by atoms with Gasteiger partial charge in [-0.2, -0.15) is 0 Å². The molecule has 3 aromatic carbocycles. The fourth-order valence-electron chi connectivity index (χ4n) is 5.60. The molecule has 1 unspecified atom stereocenters. The van der Waals surface area contributed by atoms with Crippen molar-refractivity contribution in [2.24, 2.45) is 0 Å². The van der Waals surface area contributed by atoms with Gasteiger partial charge in [-0.25, -0.2) is 0 Å². The third kappa shape index (κ3) is 6.97. The number of alkyl halides is 3. The lowest BCUT2D eigenvalue weighted by Crippen LogP contribution is -2.21. The summed E-state index contributed by atoms with van der Waals surface area (Å²) >= 11 is 19.9. The van der Waals surface area contributed by atoms with E-state index in [1.54, 1.807) is 0 Å². The zero-order chi connectivity index (χ0) is 28.7. The molecule has 3 aromatic rings. The van der Waals surface area contributed by atoms with Crippen LogP contribution in [-0.2, 0) is 0 Å². The molecule has 2 nitrogen and oxygen atoms in total. The standard InChI is InChI=1S/C35H39Cl3N2/c1-5-39(6-2)31-21-17-26(18-22-31)33(27-19-23-32(24-20-27)40(7-3)8-4)29-15-12-16-30(25-29)34(35(36,37)38)28-13-10-9-11-14-28/h9-15,17-25,34H,5-8,16H2,1-4H3. The Balaban J connectivity index is 1.87. The Kier molecular flexibility index (Phi) is 10.5. The third-order valence-electron chi connectivity index (χ3n) is 7.68. The Labute approximate surface area is 255 Å². The number of hydrogen-bond donors (Lipinski definition) is 0. The average Bonchev–Trinajstić information content (AvgIpc) is 2.96. The number of benzene rings is 3. The van der Waals surface area contributed by atoms with E-state index in [0.29, 0.717) is 0 Å². The number of halogens is 3. The summed E-state index contributed by atoms with van der Waals surface area (Å²) in [6.07, 6.45) is 7.35. The van der Waals surface area contributed by atoms with Crippen LogP contribution in [0, 0.1) is 0 Å². The zero-order valence-electron chi connectivity index (χ0n) is 23.9. The highest BCUT2D eigenvalue weighted by Crippen LogP contribution is 2.48. The predicted octanol–water partition coefficient (Wildman–Crippen LogP) is 10.2. The molecule has 5 heteroatoms. The molecule has 0 bridgehead atoms. The molecule has 0 saturated heterocycles. The maximum atomic E-state index is 6.62. The molecule has 0 N–H and O–H groups in total. The van der Waals surface area contributed by atoms with Crippen molar-refractivity contribution >= 4 is 51.8 Å². The molecule has 0 saturated carbocycles. The van der Waals surface area contributed by atoms with E-state index >= 15 is 0 Å². The molecule has 40 heavy (non-hydrogen) atoms. The molecule has 0 spiro atoms. The van der Waals surface area contributed by atoms with Gasteiger partial charge in [0, 0.05) is 37.6 Å². The van der Waals surface area contributed by atoms with Crippen LogP contribution < -0.4 is 9.80 Å². The molecule has 0 aliphatic heterocycles. The Bertz CT molecular complexity index is 1270. The molecule has 4 rings (SSSR count). The largest absolute Gasteiger partial charge is 0.372 e. The van der Waals surface area contributed by atoms with Crippen molar-refractivity contribution in [2.75, 3.05) is 36.0 Å². The second-order valence-electron chi connectivity index (χ2n) is 9.98. The summed E-state index contributed by atoms with van der Waals surface area (Å²) in [5.41, 5.74) is 9.14. The molecular weight excluding hydrogens is 555 g/mol. The number of anilines is 2. The second kappa shape index (κ2) is 13.8. The summed E-state index contributed by atoms with van der Waals surface area (Å²) in [5.74, 6) is -0.352. The van der Waals surface area contributed by atoms with E-state index in [1.165, 1.54) is 16.9 Å². The molecule has 1 aliphatic carbocycles. The maximum absolute atomic E-state index is 6.62. The Morgan fingerprint density at radius 2 is 1.18 bits per heavy atom. The van der Waals surface area contributed by atoms with Crippen LogP contribution in [0.2, 0.25) is 0 Å². The third-order valence-corrected chi connectivity index (χ3v) is 8.34. The lowest BCUT2D eigenvalue weighted by Gasteiger charge is -2.29. The van der Waals surface area contributed by atoms with Crippen molar-refractivity contribution in [2.45, 2.75) is 43.8 Å². The molecule has 0 amide bonds. The monoisotopic (exact) mass is 592 g/mol. The topological polar surface area (TPSA) is 6.48 Å². The van der Waals surface area contributed by atoms with E-state index in [9.17, 15) is 0 Å².